The predicted octanol–water partition coefficient (Wildman–Crippen LogP) is 2.73. The molecule has 1 aromatic rings. The molecular formula is C15H21N3OS. The van der Waals surface area contributed by atoms with E-state index in [1.165, 1.54) is 16.7 Å². The van der Waals surface area contributed by atoms with Crippen LogP contribution < -0.4 is 5.43 Å². The topological polar surface area (TPSA) is 46.0 Å². The fourth-order valence-electron chi connectivity index (χ4n) is 2.05. The molecule has 20 heavy (non-hydrogen) atoms. The van der Waals surface area contributed by atoms with Gasteiger partial charge >= 0.3 is 0 Å². The summed E-state index contributed by atoms with van der Waals surface area (Å²) in [6, 6.07) is 6.60. The first-order chi connectivity index (χ1) is 9.60. The second kappa shape index (κ2) is 6.90. The van der Waals surface area contributed by atoms with Crippen molar-refractivity contribution in [2.75, 3.05) is 19.5 Å². The van der Waals surface area contributed by atoms with Crippen LogP contribution >= 0.6 is 11.8 Å². The molecule has 0 spiro atoms. The fraction of sp³-hybridized carbons (Fsp3) is 0.467. The lowest BCUT2D eigenvalue weighted by Crippen LogP contribution is -2.27. The van der Waals surface area contributed by atoms with Gasteiger partial charge in [0.1, 0.15) is 0 Å². The van der Waals surface area contributed by atoms with E-state index in [0.717, 1.165) is 16.6 Å². The molecule has 2 rings (SSSR count). The Bertz CT molecular complexity index is 540. The Morgan fingerprint density at radius 1 is 1.45 bits per heavy atom. The number of hydrogen-bond donors (Lipinski definition) is 1. The minimum absolute atomic E-state index is 0.146. The predicted molar refractivity (Wildman–Crippen MR) is 86.8 cm³/mol. The van der Waals surface area contributed by atoms with Gasteiger partial charge in [-0.25, -0.2) is 0 Å². The lowest BCUT2D eigenvalue weighted by atomic mass is 10.0. The maximum Gasteiger partial charge on any atom is 0.177 e. The van der Waals surface area contributed by atoms with Crippen LogP contribution in [0.5, 0.6) is 0 Å². The summed E-state index contributed by atoms with van der Waals surface area (Å²) < 4.78 is 5.08. The number of aryl methyl sites for hydroxylation is 2. The van der Waals surface area contributed by atoms with Gasteiger partial charge in [-0.15, -0.1) is 0 Å². The zero-order valence-corrected chi connectivity index (χ0v) is 13.3. The van der Waals surface area contributed by atoms with Crippen LogP contribution in [0.4, 0.5) is 0 Å². The maximum atomic E-state index is 5.08. The lowest BCUT2D eigenvalue weighted by molar-refractivity contribution is 0.186. The van der Waals surface area contributed by atoms with Crippen LogP contribution in [0.25, 0.3) is 0 Å². The number of nitrogens with zero attached hydrogens (tertiary/aromatic N) is 2. The molecule has 0 aromatic heterocycles. The van der Waals surface area contributed by atoms with Crippen molar-refractivity contribution in [3.05, 3.63) is 34.9 Å². The maximum absolute atomic E-state index is 5.08. The molecule has 1 aliphatic heterocycles. The van der Waals surface area contributed by atoms with Crippen LogP contribution in [-0.2, 0) is 4.74 Å². The number of hydrazone groups is 1. The first-order valence-corrected chi connectivity index (χ1v) is 7.68. The van der Waals surface area contributed by atoms with Crippen LogP contribution in [0.1, 0.15) is 23.6 Å². The minimum Gasteiger partial charge on any atom is -0.382 e. The van der Waals surface area contributed by atoms with Gasteiger partial charge in [0.2, 0.25) is 0 Å². The minimum atomic E-state index is 0.146. The molecule has 108 valence electrons. The number of hydrogen-bond acceptors (Lipinski definition) is 4. The highest BCUT2D eigenvalue weighted by molar-refractivity contribution is 8.14. The number of nitrogens with one attached hydrogen (secondary N) is 1. The average Bonchev–Trinajstić information content (AvgIpc) is 2.43. The van der Waals surface area contributed by atoms with Gasteiger partial charge in [-0.3, -0.25) is 10.4 Å². The summed E-state index contributed by atoms with van der Waals surface area (Å²) >= 11 is 1.69. The molecular weight excluding hydrogens is 270 g/mol. The van der Waals surface area contributed by atoms with Crippen LogP contribution in [0.3, 0.4) is 0 Å². The molecule has 1 aliphatic rings. The second-order valence-corrected chi connectivity index (χ2v) is 5.98. The molecule has 0 radical (unpaired) electrons. The number of benzene rings is 1. The molecule has 4 nitrogen and oxygen atoms in total. The van der Waals surface area contributed by atoms with E-state index in [2.05, 4.69) is 47.6 Å². The quantitative estimate of drug-likeness (QED) is 0.928. The molecule has 0 amide bonds. The molecule has 0 saturated heterocycles. The highest BCUT2D eigenvalue weighted by Gasteiger charge is 2.15. The summed E-state index contributed by atoms with van der Waals surface area (Å²) in [4.78, 5) is 4.53. The molecule has 1 aromatic carbocycles. The van der Waals surface area contributed by atoms with Gasteiger partial charge < -0.3 is 4.74 Å². The van der Waals surface area contributed by atoms with Gasteiger partial charge in [0.15, 0.2) is 5.17 Å². The summed E-state index contributed by atoms with van der Waals surface area (Å²) in [6.45, 7) is 6.88. The molecule has 1 atom stereocenters. The van der Waals surface area contributed by atoms with E-state index < -0.39 is 0 Å². The average molecular weight is 291 g/mol. The van der Waals surface area contributed by atoms with Crippen molar-refractivity contribution in [1.29, 1.82) is 0 Å². The summed E-state index contributed by atoms with van der Waals surface area (Å²) in [7, 11) is 1.69. The Labute approximate surface area is 124 Å². The van der Waals surface area contributed by atoms with Crippen molar-refractivity contribution >= 4 is 22.6 Å². The zero-order chi connectivity index (χ0) is 14.5. The SMILES string of the molecule is COC[C@H](C)N=C1NN=C(c2cc(C)ccc2C)CS1. The Morgan fingerprint density at radius 3 is 2.90 bits per heavy atom. The van der Waals surface area contributed by atoms with E-state index in [9.17, 15) is 0 Å². The van der Waals surface area contributed by atoms with Crippen molar-refractivity contribution in [3.63, 3.8) is 0 Å². The van der Waals surface area contributed by atoms with Gasteiger partial charge in [0.05, 0.1) is 18.4 Å². The van der Waals surface area contributed by atoms with Crippen molar-refractivity contribution in [3.8, 4) is 0 Å². The molecule has 0 aliphatic carbocycles. The van der Waals surface area contributed by atoms with E-state index in [1.807, 2.05) is 6.92 Å². The van der Waals surface area contributed by atoms with Gasteiger partial charge in [0.25, 0.3) is 0 Å². The van der Waals surface area contributed by atoms with Crippen molar-refractivity contribution in [2.45, 2.75) is 26.8 Å². The van der Waals surface area contributed by atoms with Crippen molar-refractivity contribution in [2.24, 2.45) is 10.1 Å². The first kappa shape index (κ1) is 15.1. The molecule has 0 fully saturated rings. The normalized spacial score (nSPS) is 18.6. The van der Waals surface area contributed by atoms with E-state index in [4.69, 9.17) is 4.74 Å². The van der Waals surface area contributed by atoms with Crippen molar-refractivity contribution in [1.82, 2.24) is 5.43 Å². The third-order valence-electron chi connectivity index (χ3n) is 3.08. The number of rotatable bonds is 4. The Morgan fingerprint density at radius 2 is 2.25 bits per heavy atom. The third-order valence-corrected chi connectivity index (χ3v) is 3.97. The largest absolute Gasteiger partial charge is 0.382 e. The lowest BCUT2D eigenvalue weighted by Gasteiger charge is -2.17. The van der Waals surface area contributed by atoms with E-state index in [0.29, 0.717) is 6.61 Å². The van der Waals surface area contributed by atoms with Gasteiger partial charge in [-0.2, -0.15) is 5.10 Å². The second-order valence-electron chi connectivity index (χ2n) is 5.02. The van der Waals surface area contributed by atoms with E-state index in [-0.39, 0.29) is 6.04 Å². The van der Waals surface area contributed by atoms with Crippen LogP contribution in [0.15, 0.2) is 28.3 Å². The molecule has 1 heterocycles. The van der Waals surface area contributed by atoms with E-state index >= 15 is 0 Å². The zero-order valence-electron chi connectivity index (χ0n) is 12.4. The molecule has 0 saturated carbocycles. The number of amidine groups is 1. The number of methoxy groups -OCH3 is 1. The number of thioether (sulfide) groups is 1. The Hall–Kier alpha value is -1.33. The van der Waals surface area contributed by atoms with Gasteiger partial charge in [-0.1, -0.05) is 29.5 Å². The van der Waals surface area contributed by atoms with E-state index in [1.54, 1.807) is 18.9 Å². The standard InChI is InChI=1S/C15H21N3OS/c1-10-5-6-11(2)13(7-10)14-9-20-15(18-17-14)16-12(3)8-19-4/h5-7,12H,8-9H2,1-4H3,(H,16,18)/t12-/m0/s1. The van der Waals surface area contributed by atoms with Crippen LogP contribution in [-0.4, -0.2) is 36.4 Å². The summed E-state index contributed by atoms with van der Waals surface area (Å²) in [5.74, 6) is 0.843. The van der Waals surface area contributed by atoms with Crippen molar-refractivity contribution < 1.29 is 4.74 Å². The fourth-order valence-corrected chi connectivity index (χ4v) is 2.90. The number of ether oxygens (including phenoxy) is 1. The molecule has 0 unspecified atom stereocenters. The summed E-state index contributed by atoms with van der Waals surface area (Å²) in [5, 5.41) is 5.33. The molecule has 1 N–H and O–H groups in total. The molecule has 5 heteroatoms. The van der Waals surface area contributed by atoms with Gasteiger partial charge in [0, 0.05) is 18.4 Å². The first-order valence-electron chi connectivity index (χ1n) is 6.70. The highest BCUT2D eigenvalue weighted by atomic mass is 32.2. The van der Waals surface area contributed by atoms with Gasteiger partial charge in [-0.05, 0) is 32.4 Å². The smallest absolute Gasteiger partial charge is 0.177 e. The monoisotopic (exact) mass is 291 g/mol. The Kier molecular flexibility index (Phi) is 5.20. The molecule has 0 bridgehead atoms. The Balaban J connectivity index is 2.11. The third kappa shape index (κ3) is 3.84. The number of aliphatic imine (C=N–C) groups is 1. The summed E-state index contributed by atoms with van der Waals surface area (Å²) in [6.07, 6.45) is 0. The highest BCUT2D eigenvalue weighted by Crippen LogP contribution is 2.18. The van der Waals surface area contributed by atoms with Crippen LogP contribution in [0.2, 0.25) is 0 Å². The summed E-state index contributed by atoms with van der Waals surface area (Å²) in [5.41, 5.74) is 7.85. The van der Waals surface area contributed by atoms with Crippen LogP contribution in [0, 0.1) is 13.8 Å².